The topological polar surface area (TPSA) is 81.7 Å². The van der Waals surface area contributed by atoms with Crippen molar-refractivity contribution in [1.82, 2.24) is 0 Å². The van der Waals surface area contributed by atoms with Crippen LogP contribution in [0, 0.1) is 11.3 Å². The summed E-state index contributed by atoms with van der Waals surface area (Å²) in [6, 6.07) is 0. The van der Waals surface area contributed by atoms with Crippen LogP contribution in [0.2, 0.25) is 0 Å². The lowest BCUT2D eigenvalue weighted by Crippen LogP contribution is -2.28. The molecule has 0 aliphatic heterocycles. The highest BCUT2D eigenvalue weighted by Gasteiger charge is 2.35. The summed E-state index contributed by atoms with van der Waals surface area (Å²) in [5, 5.41) is 3.38. The summed E-state index contributed by atoms with van der Waals surface area (Å²) in [6.45, 7) is 10.9. The highest BCUT2D eigenvalue weighted by atomic mass is 32.1. The fourth-order valence-corrected chi connectivity index (χ4v) is 5.02. The number of rotatable bonds is 9. The zero-order valence-corrected chi connectivity index (χ0v) is 19.0. The van der Waals surface area contributed by atoms with Gasteiger partial charge in [-0.25, -0.2) is 4.79 Å². The highest BCUT2D eigenvalue weighted by Crippen LogP contribution is 2.45. The quantitative estimate of drug-likeness (QED) is 0.580. The number of esters is 2. The Labute approximate surface area is 177 Å². The molecule has 162 valence electrons. The van der Waals surface area contributed by atoms with E-state index in [1.807, 2.05) is 0 Å². The Kier molecular flexibility index (Phi) is 8.25. The normalized spacial score (nSPS) is 16.1. The summed E-state index contributed by atoms with van der Waals surface area (Å²) >= 11 is 1.47. The van der Waals surface area contributed by atoms with Crippen LogP contribution in [0.5, 0.6) is 0 Å². The number of anilines is 1. The summed E-state index contributed by atoms with van der Waals surface area (Å²) in [5.74, 6) is -0.545. The molecule has 0 saturated heterocycles. The van der Waals surface area contributed by atoms with Crippen LogP contribution in [0.15, 0.2) is 0 Å². The average Bonchev–Trinajstić information content (AvgIpc) is 3.03. The molecule has 2 rings (SSSR count). The van der Waals surface area contributed by atoms with Gasteiger partial charge in [0.1, 0.15) is 5.00 Å². The van der Waals surface area contributed by atoms with Gasteiger partial charge in [0.2, 0.25) is 5.91 Å². The molecule has 0 aromatic carbocycles. The molecule has 0 bridgehead atoms. The number of fused-ring (bicyclic) bond motifs is 1. The summed E-state index contributed by atoms with van der Waals surface area (Å²) in [7, 11) is 0. The maximum Gasteiger partial charge on any atom is 0.341 e. The Balaban J connectivity index is 2.22. The molecule has 0 radical (unpaired) electrons. The summed E-state index contributed by atoms with van der Waals surface area (Å²) in [6.07, 6.45) is 3.88. The lowest BCUT2D eigenvalue weighted by Gasteiger charge is -2.36. The molecule has 0 fully saturated rings. The van der Waals surface area contributed by atoms with E-state index < -0.39 is 5.97 Å². The van der Waals surface area contributed by atoms with Crippen LogP contribution >= 0.6 is 11.3 Å². The molecule has 1 heterocycles. The maximum absolute atomic E-state index is 12.6. The van der Waals surface area contributed by atoms with Gasteiger partial charge >= 0.3 is 11.9 Å². The lowest BCUT2D eigenvalue weighted by molar-refractivity contribution is -0.144. The van der Waals surface area contributed by atoms with Crippen LogP contribution in [-0.2, 0) is 31.9 Å². The van der Waals surface area contributed by atoms with E-state index in [9.17, 15) is 14.4 Å². The third-order valence-electron chi connectivity index (χ3n) is 5.88. The zero-order valence-electron chi connectivity index (χ0n) is 18.2. The first-order valence-corrected chi connectivity index (χ1v) is 11.3. The molecule has 1 amide bonds. The van der Waals surface area contributed by atoms with Crippen LogP contribution in [-0.4, -0.2) is 31.1 Å². The first-order valence-electron chi connectivity index (χ1n) is 10.5. The van der Waals surface area contributed by atoms with E-state index in [0.717, 1.165) is 36.1 Å². The summed E-state index contributed by atoms with van der Waals surface area (Å²) in [4.78, 5) is 37.7. The average molecular weight is 424 g/mol. The monoisotopic (exact) mass is 423 g/mol. The molecule has 0 spiro atoms. The molecule has 1 aromatic rings. The van der Waals surface area contributed by atoms with Gasteiger partial charge in [0.15, 0.2) is 0 Å². The number of hydrogen-bond donors (Lipinski definition) is 1. The molecular formula is C22H33NO5S. The van der Waals surface area contributed by atoms with Crippen molar-refractivity contribution in [1.29, 1.82) is 0 Å². The molecule has 7 heteroatoms. The van der Waals surface area contributed by atoms with Gasteiger partial charge in [-0.2, -0.15) is 0 Å². The van der Waals surface area contributed by atoms with Crippen molar-refractivity contribution in [2.45, 2.75) is 73.1 Å². The predicted molar refractivity (Wildman–Crippen MR) is 114 cm³/mol. The van der Waals surface area contributed by atoms with E-state index in [-0.39, 0.29) is 36.7 Å². The van der Waals surface area contributed by atoms with Gasteiger partial charge in [-0.05, 0) is 50.0 Å². The van der Waals surface area contributed by atoms with Crippen molar-refractivity contribution in [3.05, 3.63) is 16.0 Å². The van der Waals surface area contributed by atoms with E-state index >= 15 is 0 Å². The van der Waals surface area contributed by atoms with Crippen LogP contribution in [0.1, 0.15) is 81.1 Å². The molecule has 0 saturated carbocycles. The Hall–Kier alpha value is -1.89. The van der Waals surface area contributed by atoms with Crippen molar-refractivity contribution in [2.75, 3.05) is 18.5 Å². The molecule has 1 aliphatic carbocycles. The third kappa shape index (κ3) is 5.81. The molecule has 6 nitrogen and oxygen atoms in total. The van der Waals surface area contributed by atoms with Gasteiger partial charge in [0.25, 0.3) is 0 Å². The Bertz CT molecular complexity index is 753. The van der Waals surface area contributed by atoms with Crippen LogP contribution in [0.25, 0.3) is 0 Å². The smallest absolute Gasteiger partial charge is 0.341 e. The third-order valence-corrected chi connectivity index (χ3v) is 7.05. The number of carbonyl (C=O) groups is 3. The van der Waals surface area contributed by atoms with Crippen LogP contribution in [0.4, 0.5) is 5.00 Å². The van der Waals surface area contributed by atoms with Gasteiger partial charge in [-0.1, -0.05) is 27.2 Å². The van der Waals surface area contributed by atoms with E-state index in [1.54, 1.807) is 13.8 Å². The molecule has 1 aromatic heterocycles. The van der Waals surface area contributed by atoms with Crippen molar-refractivity contribution < 1.29 is 23.9 Å². The van der Waals surface area contributed by atoms with Crippen LogP contribution in [0.3, 0.4) is 0 Å². The van der Waals surface area contributed by atoms with Gasteiger partial charge in [-0.3, -0.25) is 9.59 Å². The van der Waals surface area contributed by atoms with E-state index in [1.165, 1.54) is 11.3 Å². The van der Waals surface area contributed by atoms with Gasteiger partial charge in [0.05, 0.1) is 25.2 Å². The maximum atomic E-state index is 12.6. The van der Waals surface area contributed by atoms with Crippen molar-refractivity contribution in [3.8, 4) is 0 Å². The predicted octanol–water partition coefficient (Wildman–Crippen LogP) is 4.75. The number of thiophene rings is 1. The second-order valence-corrected chi connectivity index (χ2v) is 9.17. The number of nitrogens with one attached hydrogen (secondary N) is 1. The molecule has 1 unspecified atom stereocenters. The second kappa shape index (κ2) is 10.2. The van der Waals surface area contributed by atoms with E-state index in [4.69, 9.17) is 9.47 Å². The number of hydrogen-bond acceptors (Lipinski definition) is 6. The van der Waals surface area contributed by atoms with Crippen LogP contribution < -0.4 is 5.32 Å². The second-order valence-electron chi connectivity index (χ2n) is 8.06. The fourth-order valence-electron chi connectivity index (χ4n) is 3.69. The molecule has 1 atom stereocenters. The summed E-state index contributed by atoms with van der Waals surface area (Å²) < 4.78 is 10.1. The minimum Gasteiger partial charge on any atom is -0.466 e. The van der Waals surface area contributed by atoms with E-state index in [2.05, 4.69) is 26.1 Å². The SMILES string of the molecule is CCOC(=O)CCC(=O)Nc1sc2c(c1C(=O)OCC)CCC(C(C)(C)CC)C2. The highest BCUT2D eigenvalue weighted by molar-refractivity contribution is 7.17. The minimum atomic E-state index is -0.400. The first-order chi connectivity index (χ1) is 13.7. The van der Waals surface area contributed by atoms with Crippen molar-refractivity contribution in [3.63, 3.8) is 0 Å². The number of amides is 1. The van der Waals surface area contributed by atoms with Gasteiger partial charge in [0, 0.05) is 11.3 Å². The fraction of sp³-hybridized carbons (Fsp3) is 0.682. The zero-order chi connectivity index (χ0) is 21.6. The Morgan fingerprint density at radius 3 is 2.41 bits per heavy atom. The van der Waals surface area contributed by atoms with Crippen molar-refractivity contribution >= 4 is 34.2 Å². The summed E-state index contributed by atoms with van der Waals surface area (Å²) in [5.41, 5.74) is 1.73. The lowest BCUT2D eigenvalue weighted by atomic mass is 9.69. The van der Waals surface area contributed by atoms with E-state index in [0.29, 0.717) is 23.1 Å². The molecule has 1 N–H and O–H groups in total. The molecule has 1 aliphatic rings. The Morgan fingerprint density at radius 2 is 1.79 bits per heavy atom. The van der Waals surface area contributed by atoms with Crippen molar-refractivity contribution in [2.24, 2.45) is 11.3 Å². The number of carbonyl (C=O) groups excluding carboxylic acids is 3. The standard InChI is InChI=1S/C22H33NO5S/c1-6-22(4,5)14-9-10-15-16(13-14)29-20(19(15)21(26)28-8-3)23-17(24)11-12-18(25)27-7-2/h14H,6-13H2,1-5H3,(H,23,24). The van der Waals surface area contributed by atoms with Gasteiger partial charge in [-0.15, -0.1) is 11.3 Å². The first kappa shape index (κ1) is 23.4. The number of ether oxygens (including phenoxy) is 2. The molecule has 29 heavy (non-hydrogen) atoms. The Morgan fingerprint density at radius 1 is 1.10 bits per heavy atom. The van der Waals surface area contributed by atoms with Gasteiger partial charge < -0.3 is 14.8 Å². The molecular weight excluding hydrogens is 390 g/mol. The largest absolute Gasteiger partial charge is 0.466 e. The minimum absolute atomic E-state index is 0.0201.